The summed E-state index contributed by atoms with van der Waals surface area (Å²) in [5, 5.41) is 4.69. The Balaban J connectivity index is 1.95. The molecule has 152 valence electrons. The van der Waals surface area contributed by atoms with Gasteiger partial charge in [-0.15, -0.1) is 11.3 Å². The normalized spacial score (nSPS) is 15.6. The fourth-order valence-electron chi connectivity index (χ4n) is 3.16. The molecule has 28 heavy (non-hydrogen) atoms. The van der Waals surface area contributed by atoms with Crippen molar-refractivity contribution in [3.63, 3.8) is 0 Å². The molecule has 1 aromatic heterocycles. The van der Waals surface area contributed by atoms with Crippen LogP contribution in [0.25, 0.3) is 0 Å². The van der Waals surface area contributed by atoms with E-state index in [2.05, 4.69) is 5.32 Å². The molecular formula is C20H26N2O4S2. The van der Waals surface area contributed by atoms with Crippen LogP contribution in [0.2, 0.25) is 0 Å². The van der Waals surface area contributed by atoms with Crippen LogP contribution in [0.5, 0.6) is 5.75 Å². The summed E-state index contributed by atoms with van der Waals surface area (Å²) in [5.74, 6) is 0.184. The predicted molar refractivity (Wildman–Crippen MR) is 112 cm³/mol. The van der Waals surface area contributed by atoms with Gasteiger partial charge in [-0.1, -0.05) is 6.42 Å². The van der Waals surface area contributed by atoms with Crippen molar-refractivity contribution in [3.05, 3.63) is 40.1 Å². The monoisotopic (exact) mass is 422 g/mol. The van der Waals surface area contributed by atoms with Gasteiger partial charge in [-0.3, -0.25) is 4.79 Å². The molecule has 0 unspecified atom stereocenters. The number of benzene rings is 1. The van der Waals surface area contributed by atoms with Crippen molar-refractivity contribution in [1.82, 2.24) is 4.31 Å². The Morgan fingerprint density at radius 1 is 1.18 bits per heavy atom. The number of carbonyl (C=O) groups is 1. The van der Waals surface area contributed by atoms with Gasteiger partial charge in [-0.2, -0.15) is 4.31 Å². The second kappa shape index (κ2) is 8.63. The molecule has 1 aliphatic rings. The molecule has 0 aliphatic carbocycles. The maximum Gasteiger partial charge on any atom is 0.266 e. The molecule has 1 saturated heterocycles. The van der Waals surface area contributed by atoms with Crippen molar-refractivity contribution in [3.8, 4) is 5.75 Å². The molecule has 2 aromatic rings. The zero-order valence-electron chi connectivity index (χ0n) is 16.4. The average molecular weight is 423 g/mol. The van der Waals surface area contributed by atoms with E-state index in [-0.39, 0.29) is 16.9 Å². The van der Waals surface area contributed by atoms with E-state index in [1.54, 1.807) is 12.1 Å². The number of piperidine rings is 1. The van der Waals surface area contributed by atoms with Gasteiger partial charge in [0.15, 0.2) is 0 Å². The fraction of sp³-hybridized carbons (Fsp3) is 0.450. The topological polar surface area (TPSA) is 75.7 Å². The number of ether oxygens (including phenoxy) is 1. The lowest BCUT2D eigenvalue weighted by atomic mass is 10.2. The number of hydrogen-bond acceptors (Lipinski definition) is 5. The molecule has 6 nitrogen and oxygen atoms in total. The van der Waals surface area contributed by atoms with Gasteiger partial charge < -0.3 is 10.1 Å². The Kier molecular flexibility index (Phi) is 6.42. The number of thiophene rings is 1. The minimum atomic E-state index is -3.60. The molecule has 1 aromatic carbocycles. The summed E-state index contributed by atoms with van der Waals surface area (Å²) in [4.78, 5) is 13.4. The molecule has 1 amide bonds. The number of nitrogens with zero attached hydrogens (tertiary/aromatic N) is 1. The van der Waals surface area contributed by atoms with Crippen molar-refractivity contribution >= 4 is 33.0 Å². The highest BCUT2D eigenvalue weighted by Crippen LogP contribution is 2.32. The zero-order chi connectivity index (χ0) is 20.3. The lowest BCUT2D eigenvalue weighted by Crippen LogP contribution is -2.35. The summed E-state index contributed by atoms with van der Waals surface area (Å²) in [6.45, 7) is 6.69. The number of amides is 1. The van der Waals surface area contributed by atoms with E-state index in [0.29, 0.717) is 29.4 Å². The van der Waals surface area contributed by atoms with Crippen LogP contribution >= 0.6 is 11.3 Å². The van der Waals surface area contributed by atoms with Crippen LogP contribution < -0.4 is 10.1 Å². The number of rotatable bonds is 6. The Morgan fingerprint density at radius 2 is 1.89 bits per heavy atom. The zero-order valence-corrected chi connectivity index (χ0v) is 18.0. The van der Waals surface area contributed by atoms with Gasteiger partial charge >= 0.3 is 0 Å². The molecular weight excluding hydrogens is 396 g/mol. The van der Waals surface area contributed by atoms with Crippen LogP contribution in [0.1, 0.15) is 48.3 Å². The SMILES string of the molecule is Cc1ccsc1C(=O)Nc1cc(S(=O)(=O)N2CCCCC2)ccc1OC(C)C. The second-order valence-corrected chi connectivity index (χ2v) is 10.0. The van der Waals surface area contributed by atoms with Crippen LogP contribution in [-0.2, 0) is 10.0 Å². The predicted octanol–water partition coefficient (Wildman–Crippen LogP) is 4.27. The van der Waals surface area contributed by atoms with Crippen LogP contribution in [0.15, 0.2) is 34.5 Å². The summed E-state index contributed by atoms with van der Waals surface area (Å²) < 4.78 is 33.3. The summed E-state index contributed by atoms with van der Waals surface area (Å²) in [7, 11) is -3.60. The minimum absolute atomic E-state index is 0.108. The molecule has 2 heterocycles. The van der Waals surface area contributed by atoms with Crippen LogP contribution in [-0.4, -0.2) is 37.8 Å². The number of nitrogens with one attached hydrogen (secondary N) is 1. The average Bonchev–Trinajstić information content (AvgIpc) is 3.09. The molecule has 0 saturated carbocycles. The first-order valence-corrected chi connectivity index (χ1v) is 11.8. The highest BCUT2D eigenvalue weighted by molar-refractivity contribution is 7.89. The Bertz CT molecular complexity index is 945. The highest BCUT2D eigenvalue weighted by Gasteiger charge is 2.27. The lowest BCUT2D eigenvalue weighted by molar-refractivity contribution is 0.102. The van der Waals surface area contributed by atoms with E-state index < -0.39 is 10.0 Å². The molecule has 8 heteroatoms. The van der Waals surface area contributed by atoms with Crippen molar-refractivity contribution < 1.29 is 17.9 Å². The quantitative estimate of drug-likeness (QED) is 0.754. The first-order valence-electron chi connectivity index (χ1n) is 9.45. The first kappa shape index (κ1) is 20.8. The van der Waals surface area contributed by atoms with E-state index in [4.69, 9.17) is 4.74 Å². The number of carbonyl (C=O) groups excluding carboxylic acids is 1. The summed E-state index contributed by atoms with van der Waals surface area (Å²) >= 11 is 1.35. The van der Waals surface area contributed by atoms with E-state index in [1.165, 1.54) is 21.7 Å². The third-order valence-electron chi connectivity index (χ3n) is 4.58. The Hall–Kier alpha value is -1.90. The number of anilines is 1. The van der Waals surface area contributed by atoms with E-state index in [9.17, 15) is 13.2 Å². The third kappa shape index (κ3) is 4.56. The van der Waals surface area contributed by atoms with Crippen LogP contribution in [0.4, 0.5) is 5.69 Å². The molecule has 0 bridgehead atoms. The van der Waals surface area contributed by atoms with Crippen molar-refractivity contribution in [2.45, 2.75) is 51.0 Å². The molecule has 0 radical (unpaired) electrons. The molecule has 0 spiro atoms. The second-order valence-electron chi connectivity index (χ2n) is 7.18. The van der Waals surface area contributed by atoms with Gasteiger partial charge in [0, 0.05) is 13.1 Å². The summed E-state index contributed by atoms with van der Waals surface area (Å²) in [6.07, 6.45) is 2.68. The smallest absolute Gasteiger partial charge is 0.266 e. The number of hydrogen-bond donors (Lipinski definition) is 1. The van der Waals surface area contributed by atoms with Gasteiger partial charge in [-0.25, -0.2) is 8.42 Å². The minimum Gasteiger partial charge on any atom is -0.489 e. The molecule has 0 atom stereocenters. The summed E-state index contributed by atoms with van der Waals surface area (Å²) in [5.41, 5.74) is 1.25. The highest BCUT2D eigenvalue weighted by atomic mass is 32.2. The van der Waals surface area contributed by atoms with E-state index in [1.807, 2.05) is 32.2 Å². The molecule has 1 N–H and O–H groups in total. The molecule has 3 rings (SSSR count). The Labute approximate surface area is 170 Å². The van der Waals surface area contributed by atoms with Crippen molar-refractivity contribution in [2.75, 3.05) is 18.4 Å². The number of sulfonamides is 1. The van der Waals surface area contributed by atoms with Crippen molar-refractivity contribution in [1.29, 1.82) is 0 Å². The first-order chi connectivity index (χ1) is 13.3. The van der Waals surface area contributed by atoms with Gasteiger partial charge in [0.05, 0.1) is 21.6 Å². The third-order valence-corrected chi connectivity index (χ3v) is 7.49. The summed E-state index contributed by atoms with van der Waals surface area (Å²) in [6, 6.07) is 6.55. The fourth-order valence-corrected chi connectivity index (χ4v) is 5.53. The van der Waals surface area contributed by atoms with Crippen molar-refractivity contribution in [2.24, 2.45) is 0 Å². The lowest BCUT2D eigenvalue weighted by Gasteiger charge is -2.26. The van der Waals surface area contributed by atoms with Gasteiger partial charge in [0.25, 0.3) is 5.91 Å². The number of aryl methyl sites for hydroxylation is 1. The van der Waals surface area contributed by atoms with Crippen LogP contribution in [0, 0.1) is 6.92 Å². The largest absolute Gasteiger partial charge is 0.489 e. The van der Waals surface area contributed by atoms with E-state index in [0.717, 1.165) is 24.8 Å². The maximum absolute atomic E-state index is 13.0. The van der Waals surface area contributed by atoms with Crippen LogP contribution in [0.3, 0.4) is 0 Å². The van der Waals surface area contributed by atoms with Gasteiger partial charge in [0.1, 0.15) is 5.75 Å². The molecule has 1 fully saturated rings. The standard InChI is InChI=1S/C20H26N2O4S2/c1-14(2)26-18-8-7-16(28(24,25)22-10-5-4-6-11-22)13-17(18)21-20(23)19-15(3)9-12-27-19/h7-9,12-14H,4-6,10-11H2,1-3H3,(H,21,23). The molecule has 1 aliphatic heterocycles. The van der Waals surface area contributed by atoms with Gasteiger partial charge in [-0.05, 0) is 68.8 Å². The van der Waals surface area contributed by atoms with Gasteiger partial charge in [0.2, 0.25) is 10.0 Å². The maximum atomic E-state index is 13.0. The van der Waals surface area contributed by atoms with E-state index >= 15 is 0 Å². The Morgan fingerprint density at radius 3 is 2.50 bits per heavy atom.